The zero-order chi connectivity index (χ0) is 13.1. The number of alkyl halides is 2. The van der Waals surface area contributed by atoms with Gasteiger partial charge in [0.2, 0.25) is 5.91 Å². The quantitative estimate of drug-likeness (QED) is 0.822. The molecule has 0 radical (unpaired) electrons. The third kappa shape index (κ3) is 3.91. The molecule has 1 fully saturated rings. The Morgan fingerprint density at radius 2 is 2.12 bits per heavy atom. The first-order valence-electron chi connectivity index (χ1n) is 6.18. The smallest absolute Gasteiger partial charge is 0.265 e. The topological polar surface area (TPSA) is 32.3 Å². The summed E-state index contributed by atoms with van der Waals surface area (Å²) in [6.07, 6.45) is 0.290. The molecule has 1 atom stereocenters. The van der Waals surface area contributed by atoms with E-state index in [1.807, 2.05) is 13.8 Å². The van der Waals surface area contributed by atoms with E-state index in [0.717, 1.165) is 0 Å². The van der Waals surface area contributed by atoms with Crippen molar-refractivity contribution in [2.24, 2.45) is 11.8 Å². The molecule has 1 unspecified atom stereocenters. The van der Waals surface area contributed by atoms with Crippen LogP contribution >= 0.6 is 0 Å². The summed E-state index contributed by atoms with van der Waals surface area (Å²) in [5.74, 6) is -2.91. The number of nitrogens with one attached hydrogen (secondary N) is 1. The summed E-state index contributed by atoms with van der Waals surface area (Å²) in [6, 6.07) is 0. The fourth-order valence-corrected chi connectivity index (χ4v) is 2.22. The Hall–Kier alpha value is -0.710. The van der Waals surface area contributed by atoms with Gasteiger partial charge in [-0.15, -0.1) is 0 Å². The number of hydrogen-bond acceptors (Lipinski definition) is 2. The third-order valence-electron chi connectivity index (χ3n) is 3.25. The van der Waals surface area contributed by atoms with Crippen molar-refractivity contribution in [2.45, 2.75) is 32.6 Å². The van der Waals surface area contributed by atoms with Crippen molar-refractivity contribution in [1.29, 1.82) is 0 Å². The Kier molecular flexibility index (Phi) is 4.86. The van der Waals surface area contributed by atoms with Gasteiger partial charge in [0.05, 0.1) is 12.5 Å². The number of halogens is 2. The molecule has 0 aromatic rings. The zero-order valence-electron chi connectivity index (χ0n) is 10.8. The number of carbonyl (C=O) groups excluding carboxylic acids is 1. The number of nitrogens with zero attached hydrogens (tertiary/aromatic N) is 1. The average Bonchev–Trinajstić information content (AvgIpc) is 2.23. The van der Waals surface area contributed by atoms with Gasteiger partial charge < -0.3 is 10.2 Å². The van der Waals surface area contributed by atoms with Crippen molar-refractivity contribution in [3.05, 3.63) is 0 Å². The number of amides is 1. The van der Waals surface area contributed by atoms with Crippen LogP contribution in [0.3, 0.4) is 0 Å². The minimum atomic E-state index is -2.71. The van der Waals surface area contributed by atoms with E-state index in [4.69, 9.17) is 0 Å². The molecule has 0 aromatic heterocycles. The molecule has 1 heterocycles. The molecular weight excluding hydrogens is 226 g/mol. The number of rotatable bonds is 4. The normalized spacial score (nSPS) is 21.6. The summed E-state index contributed by atoms with van der Waals surface area (Å²) in [5.41, 5.74) is 0. The molecule has 17 heavy (non-hydrogen) atoms. The molecule has 1 aliphatic rings. The third-order valence-corrected chi connectivity index (χ3v) is 3.25. The first-order chi connectivity index (χ1) is 7.87. The van der Waals surface area contributed by atoms with E-state index in [1.54, 1.807) is 7.05 Å². The second-order valence-corrected chi connectivity index (χ2v) is 5.13. The number of hydrogen-bond donors (Lipinski definition) is 1. The Morgan fingerprint density at radius 1 is 1.47 bits per heavy atom. The molecular formula is C12H22F2N2O. The Labute approximate surface area is 102 Å². The summed E-state index contributed by atoms with van der Waals surface area (Å²) in [4.78, 5) is 13.5. The van der Waals surface area contributed by atoms with Crippen LogP contribution in [0.25, 0.3) is 0 Å². The van der Waals surface area contributed by atoms with Crippen molar-refractivity contribution in [3.63, 3.8) is 0 Å². The molecule has 1 aliphatic heterocycles. The largest absolute Gasteiger partial charge is 0.336 e. The van der Waals surface area contributed by atoms with Gasteiger partial charge >= 0.3 is 0 Å². The first kappa shape index (κ1) is 14.4. The van der Waals surface area contributed by atoms with Crippen LogP contribution in [0, 0.1) is 11.8 Å². The molecule has 0 aliphatic carbocycles. The Balaban J connectivity index is 2.66. The van der Waals surface area contributed by atoms with Crippen molar-refractivity contribution in [3.8, 4) is 0 Å². The fraction of sp³-hybridized carbons (Fsp3) is 0.917. The molecule has 100 valence electrons. The van der Waals surface area contributed by atoms with Gasteiger partial charge in [-0.05, 0) is 19.4 Å². The van der Waals surface area contributed by atoms with Gasteiger partial charge in [-0.1, -0.05) is 13.8 Å². The fourth-order valence-electron chi connectivity index (χ4n) is 2.22. The minimum Gasteiger partial charge on any atom is -0.336 e. The maximum atomic E-state index is 13.3. The SMILES string of the molecule is CNCC(C(=O)N1CCCC(F)(F)C1)C(C)C. The molecule has 0 aromatic carbocycles. The highest BCUT2D eigenvalue weighted by molar-refractivity contribution is 5.79. The zero-order valence-corrected chi connectivity index (χ0v) is 10.8. The lowest BCUT2D eigenvalue weighted by Gasteiger charge is -2.35. The Morgan fingerprint density at radius 3 is 2.59 bits per heavy atom. The molecule has 5 heteroatoms. The van der Waals surface area contributed by atoms with Gasteiger partial charge in [-0.25, -0.2) is 8.78 Å². The van der Waals surface area contributed by atoms with Crippen LogP contribution in [-0.4, -0.2) is 43.4 Å². The predicted octanol–water partition coefficient (Wildman–Crippen LogP) is 1.74. The van der Waals surface area contributed by atoms with E-state index >= 15 is 0 Å². The molecule has 0 saturated carbocycles. The van der Waals surface area contributed by atoms with E-state index in [2.05, 4.69) is 5.32 Å². The van der Waals surface area contributed by atoms with Gasteiger partial charge in [0, 0.05) is 19.5 Å². The molecule has 1 saturated heterocycles. The summed E-state index contributed by atoms with van der Waals surface area (Å²) < 4.78 is 26.5. The molecule has 1 N–H and O–H groups in total. The van der Waals surface area contributed by atoms with Gasteiger partial charge in [-0.2, -0.15) is 0 Å². The van der Waals surface area contributed by atoms with Crippen molar-refractivity contribution in [2.75, 3.05) is 26.7 Å². The lowest BCUT2D eigenvalue weighted by Crippen LogP contribution is -2.50. The molecule has 1 amide bonds. The second-order valence-electron chi connectivity index (χ2n) is 5.13. The van der Waals surface area contributed by atoms with Gasteiger partial charge in [-0.3, -0.25) is 4.79 Å². The minimum absolute atomic E-state index is 0.102. The van der Waals surface area contributed by atoms with Gasteiger partial charge in [0.25, 0.3) is 5.92 Å². The highest BCUT2D eigenvalue weighted by atomic mass is 19.3. The van der Waals surface area contributed by atoms with E-state index in [0.29, 0.717) is 19.5 Å². The molecule has 3 nitrogen and oxygen atoms in total. The maximum Gasteiger partial charge on any atom is 0.265 e. The summed E-state index contributed by atoms with van der Waals surface area (Å²) in [7, 11) is 1.77. The van der Waals surface area contributed by atoms with Crippen LogP contribution in [-0.2, 0) is 4.79 Å². The average molecular weight is 248 g/mol. The van der Waals surface area contributed by atoms with Crippen LogP contribution in [0.4, 0.5) is 8.78 Å². The highest BCUT2D eigenvalue weighted by Crippen LogP contribution is 2.28. The van der Waals surface area contributed by atoms with E-state index in [1.165, 1.54) is 4.90 Å². The summed E-state index contributed by atoms with van der Waals surface area (Å²) in [5, 5.41) is 2.95. The standard InChI is InChI=1S/C12H22F2N2O/c1-9(2)10(7-15-3)11(17)16-6-4-5-12(13,14)8-16/h9-10,15H,4-8H2,1-3H3. The van der Waals surface area contributed by atoms with Gasteiger partial charge in [0.1, 0.15) is 0 Å². The van der Waals surface area contributed by atoms with Crippen LogP contribution in [0.5, 0.6) is 0 Å². The van der Waals surface area contributed by atoms with Crippen molar-refractivity contribution >= 4 is 5.91 Å². The molecule has 1 rings (SSSR count). The monoisotopic (exact) mass is 248 g/mol. The van der Waals surface area contributed by atoms with Crippen molar-refractivity contribution in [1.82, 2.24) is 10.2 Å². The van der Waals surface area contributed by atoms with Gasteiger partial charge in [0.15, 0.2) is 0 Å². The van der Waals surface area contributed by atoms with Crippen LogP contribution in [0.15, 0.2) is 0 Å². The van der Waals surface area contributed by atoms with Crippen molar-refractivity contribution < 1.29 is 13.6 Å². The number of piperidine rings is 1. The highest BCUT2D eigenvalue weighted by Gasteiger charge is 2.39. The van der Waals surface area contributed by atoms with E-state index < -0.39 is 12.5 Å². The first-order valence-corrected chi connectivity index (χ1v) is 6.18. The van der Waals surface area contributed by atoms with E-state index in [-0.39, 0.29) is 24.2 Å². The second kappa shape index (κ2) is 5.76. The van der Waals surface area contributed by atoms with Crippen LogP contribution in [0.2, 0.25) is 0 Å². The molecule has 0 bridgehead atoms. The predicted molar refractivity (Wildman–Crippen MR) is 63.0 cm³/mol. The van der Waals surface area contributed by atoms with Crippen LogP contribution < -0.4 is 5.32 Å². The lowest BCUT2D eigenvalue weighted by molar-refractivity contribution is -0.147. The lowest BCUT2D eigenvalue weighted by atomic mass is 9.93. The Bertz CT molecular complexity index is 269. The van der Waals surface area contributed by atoms with E-state index in [9.17, 15) is 13.6 Å². The number of likely N-dealkylation sites (tertiary alicyclic amines) is 1. The molecule has 0 spiro atoms. The summed E-state index contributed by atoms with van der Waals surface area (Å²) in [6.45, 7) is 4.47. The number of carbonyl (C=O) groups is 1. The summed E-state index contributed by atoms with van der Waals surface area (Å²) >= 11 is 0. The van der Waals surface area contributed by atoms with Crippen LogP contribution in [0.1, 0.15) is 26.7 Å². The maximum absolute atomic E-state index is 13.3.